The minimum atomic E-state index is -0.0262. The predicted octanol–water partition coefficient (Wildman–Crippen LogP) is 3.89. The largest absolute Gasteiger partial charge is 0.353 e. The minimum absolute atomic E-state index is 0.0262. The van der Waals surface area contributed by atoms with Crippen molar-refractivity contribution in [3.63, 3.8) is 0 Å². The Hall–Kier alpha value is -2.50. The molecule has 6 nitrogen and oxygen atoms in total. The Balaban J connectivity index is 1.11. The van der Waals surface area contributed by atoms with Crippen molar-refractivity contribution in [2.24, 2.45) is 23.2 Å². The summed E-state index contributed by atoms with van der Waals surface area (Å²) in [7, 11) is 0. The van der Waals surface area contributed by atoms with Crippen LogP contribution < -0.4 is 4.90 Å². The van der Waals surface area contributed by atoms with Gasteiger partial charge in [0.25, 0.3) is 0 Å². The molecule has 6 heteroatoms. The lowest BCUT2D eigenvalue weighted by Crippen LogP contribution is -2.58. The highest BCUT2D eigenvalue weighted by Crippen LogP contribution is 2.60. The highest BCUT2D eigenvalue weighted by Gasteiger charge is 2.55. The predicted molar refractivity (Wildman–Crippen MR) is 127 cm³/mol. The van der Waals surface area contributed by atoms with E-state index in [0.717, 1.165) is 99.7 Å². The molecule has 5 aliphatic carbocycles. The van der Waals surface area contributed by atoms with Crippen LogP contribution in [0.2, 0.25) is 0 Å². The number of hydrogen-bond donors (Lipinski definition) is 0. The maximum Gasteiger partial charge on any atom is 0.228 e. The second kappa shape index (κ2) is 7.51. The Morgan fingerprint density at radius 3 is 2.21 bits per heavy atom. The van der Waals surface area contributed by atoms with E-state index in [9.17, 15) is 4.79 Å². The normalized spacial score (nSPS) is 32.3. The number of aryl methyl sites for hydroxylation is 1. The van der Waals surface area contributed by atoms with E-state index in [4.69, 9.17) is 9.97 Å². The molecule has 172 valence electrons. The van der Waals surface area contributed by atoms with Gasteiger partial charge >= 0.3 is 0 Å². The van der Waals surface area contributed by atoms with Gasteiger partial charge in [0.2, 0.25) is 5.91 Å². The molecule has 1 amide bonds. The molecular weight excluding hydrogens is 410 g/mol. The van der Waals surface area contributed by atoms with Crippen molar-refractivity contribution < 1.29 is 4.79 Å². The Kier molecular flexibility index (Phi) is 4.53. The molecule has 8 rings (SSSR count). The number of piperazine rings is 1. The van der Waals surface area contributed by atoms with Gasteiger partial charge < -0.3 is 9.80 Å². The lowest BCUT2D eigenvalue weighted by Gasteiger charge is -2.57. The monoisotopic (exact) mass is 443 g/mol. The lowest BCUT2D eigenvalue weighted by molar-refractivity contribution is -0.158. The van der Waals surface area contributed by atoms with Crippen LogP contribution in [0.3, 0.4) is 0 Å². The third-order valence-corrected chi connectivity index (χ3v) is 9.21. The Labute approximate surface area is 195 Å². The SMILES string of the molecule is O=C(N1CCN(c2nc(-c3ccncc3)nc3c2CCC3)CC1)C12CC3CC(CC(C3)C1)C2. The molecule has 0 aromatic carbocycles. The van der Waals surface area contributed by atoms with Gasteiger partial charge in [-0.1, -0.05) is 0 Å². The molecule has 1 aliphatic heterocycles. The Morgan fingerprint density at radius 1 is 0.879 bits per heavy atom. The first-order chi connectivity index (χ1) is 16.2. The summed E-state index contributed by atoms with van der Waals surface area (Å²) in [6, 6.07) is 3.98. The second-order valence-electron chi connectivity index (χ2n) is 11.4. The van der Waals surface area contributed by atoms with E-state index in [1.165, 1.54) is 30.5 Å². The number of fused-ring (bicyclic) bond motifs is 1. The smallest absolute Gasteiger partial charge is 0.228 e. The molecule has 0 spiro atoms. The maximum absolute atomic E-state index is 13.8. The summed E-state index contributed by atoms with van der Waals surface area (Å²) in [5.74, 6) is 4.84. The van der Waals surface area contributed by atoms with Crippen LogP contribution in [0.15, 0.2) is 24.5 Å². The topological polar surface area (TPSA) is 62.2 Å². The Morgan fingerprint density at radius 2 is 1.55 bits per heavy atom. The van der Waals surface area contributed by atoms with E-state index in [1.54, 1.807) is 12.4 Å². The van der Waals surface area contributed by atoms with Gasteiger partial charge in [0, 0.05) is 55.4 Å². The van der Waals surface area contributed by atoms with Crippen LogP contribution in [0.5, 0.6) is 0 Å². The quantitative estimate of drug-likeness (QED) is 0.720. The molecule has 33 heavy (non-hydrogen) atoms. The van der Waals surface area contributed by atoms with Crippen molar-refractivity contribution in [3.8, 4) is 11.4 Å². The highest BCUT2D eigenvalue weighted by atomic mass is 16.2. The molecule has 1 saturated heterocycles. The van der Waals surface area contributed by atoms with Gasteiger partial charge in [-0.3, -0.25) is 9.78 Å². The van der Waals surface area contributed by atoms with Gasteiger partial charge in [-0.2, -0.15) is 0 Å². The summed E-state index contributed by atoms with van der Waals surface area (Å²) in [6.07, 6.45) is 14.5. The molecule has 2 aromatic heterocycles. The molecule has 4 bridgehead atoms. The van der Waals surface area contributed by atoms with Gasteiger partial charge in [-0.05, 0) is 87.7 Å². The summed E-state index contributed by atoms with van der Waals surface area (Å²) >= 11 is 0. The first kappa shape index (κ1) is 19.9. The molecule has 0 atom stereocenters. The third-order valence-electron chi connectivity index (χ3n) is 9.21. The molecule has 0 N–H and O–H groups in total. The van der Waals surface area contributed by atoms with E-state index in [0.29, 0.717) is 5.91 Å². The first-order valence-corrected chi connectivity index (χ1v) is 13.0. The van der Waals surface area contributed by atoms with Crippen molar-refractivity contribution in [1.82, 2.24) is 19.9 Å². The van der Waals surface area contributed by atoms with E-state index >= 15 is 0 Å². The zero-order chi connectivity index (χ0) is 22.0. The number of amides is 1. The van der Waals surface area contributed by atoms with Crippen LogP contribution in [0.1, 0.15) is 56.2 Å². The van der Waals surface area contributed by atoms with Crippen molar-refractivity contribution in [1.29, 1.82) is 0 Å². The van der Waals surface area contributed by atoms with Crippen molar-refractivity contribution in [3.05, 3.63) is 35.8 Å². The Bertz CT molecular complexity index is 1040. The number of anilines is 1. The van der Waals surface area contributed by atoms with Crippen molar-refractivity contribution >= 4 is 11.7 Å². The number of nitrogens with zero attached hydrogens (tertiary/aromatic N) is 5. The van der Waals surface area contributed by atoms with Gasteiger partial charge in [-0.15, -0.1) is 0 Å². The molecule has 6 aliphatic rings. The average molecular weight is 444 g/mol. The molecule has 3 heterocycles. The number of rotatable bonds is 3. The zero-order valence-electron chi connectivity index (χ0n) is 19.4. The van der Waals surface area contributed by atoms with Crippen LogP contribution in [-0.2, 0) is 17.6 Å². The van der Waals surface area contributed by atoms with Crippen molar-refractivity contribution in [2.45, 2.75) is 57.8 Å². The number of aromatic nitrogens is 3. The standard InChI is InChI=1S/C27H33N5O/c33-26(27-15-18-12-19(16-27)14-20(13-18)17-27)32-10-8-31(9-11-32)25-22-2-1-3-23(22)29-24(30-25)21-4-6-28-7-5-21/h4-7,18-20H,1-3,8-17H2. The molecular formula is C27H33N5O. The summed E-state index contributed by atoms with van der Waals surface area (Å²) < 4.78 is 0. The summed E-state index contributed by atoms with van der Waals surface area (Å²) in [5, 5.41) is 0. The fourth-order valence-electron chi connectivity index (χ4n) is 8.13. The van der Waals surface area contributed by atoms with Gasteiger partial charge in [0.1, 0.15) is 5.82 Å². The van der Waals surface area contributed by atoms with Gasteiger partial charge in [0.05, 0.1) is 5.41 Å². The fourth-order valence-corrected chi connectivity index (χ4v) is 8.13. The van der Waals surface area contributed by atoms with Gasteiger partial charge in [0.15, 0.2) is 5.82 Å². The second-order valence-corrected chi connectivity index (χ2v) is 11.4. The first-order valence-electron chi connectivity index (χ1n) is 13.0. The number of pyridine rings is 1. The maximum atomic E-state index is 13.8. The van der Waals surface area contributed by atoms with Crippen LogP contribution in [0.25, 0.3) is 11.4 Å². The van der Waals surface area contributed by atoms with E-state index in [-0.39, 0.29) is 5.41 Å². The number of carbonyl (C=O) groups excluding carboxylic acids is 1. The van der Waals surface area contributed by atoms with E-state index < -0.39 is 0 Å². The minimum Gasteiger partial charge on any atom is -0.353 e. The van der Waals surface area contributed by atoms with Crippen LogP contribution in [0, 0.1) is 23.2 Å². The van der Waals surface area contributed by atoms with Crippen LogP contribution >= 0.6 is 0 Å². The summed E-state index contributed by atoms with van der Waals surface area (Å²) in [4.78, 5) is 32.5. The van der Waals surface area contributed by atoms with Crippen LogP contribution in [0.4, 0.5) is 5.82 Å². The van der Waals surface area contributed by atoms with Crippen molar-refractivity contribution in [2.75, 3.05) is 31.1 Å². The number of carbonyl (C=O) groups is 1. The average Bonchev–Trinajstić information content (AvgIpc) is 3.32. The molecule has 0 radical (unpaired) electrons. The molecule has 4 saturated carbocycles. The molecule has 5 fully saturated rings. The molecule has 0 unspecified atom stereocenters. The summed E-state index contributed by atoms with van der Waals surface area (Å²) in [5.41, 5.74) is 3.53. The number of hydrogen-bond acceptors (Lipinski definition) is 5. The van der Waals surface area contributed by atoms with Crippen LogP contribution in [-0.4, -0.2) is 51.9 Å². The van der Waals surface area contributed by atoms with E-state index in [1.807, 2.05) is 12.1 Å². The highest BCUT2D eigenvalue weighted by molar-refractivity contribution is 5.83. The third kappa shape index (κ3) is 3.28. The van der Waals surface area contributed by atoms with E-state index in [2.05, 4.69) is 14.8 Å². The molecule has 2 aromatic rings. The fraction of sp³-hybridized carbons (Fsp3) is 0.630. The lowest BCUT2D eigenvalue weighted by atomic mass is 9.49. The summed E-state index contributed by atoms with van der Waals surface area (Å²) in [6.45, 7) is 3.39. The van der Waals surface area contributed by atoms with Gasteiger partial charge in [-0.25, -0.2) is 9.97 Å². The zero-order valence-corrected chi connectivity index (χ0v) is 19.4.